The van der Waals surface area contributed by atoms with E-state index in [0.29, 0.717) is 0 Å². The van der Waals surface area contributed by atoms with Crippen LogP contribution in [0.25, 0.3) is 5.82 Å². The number of aromatic nitrogens is 2. The lowest BCUT2D eigenvalue weighted by atomic mass is 9.49. The van der Waals surface area contributed by atoms with E-state index in [1.165, 1.54) is 38.5 Å². The van der Waals surface area contributed by atoms with Crippen molar-refractivity contribution in [2.75, 3.05) is 0 Å². The van der Waals surface area contributed by atoms with Gasteiger partial charge in [-0.15, -0.1) is 0 Å². The summed E-state index contributed by atoms with van der Waals surface area (Å²) >= 11 is 0. The van der Waals surface area contributed by atoms with Crippen molar-refractivity contribution in [2.24, 2.45) is 35.2 Å². The third kappa shape index (κ3) is 1.54. The topological polar surface area (TPSA) is 51.3 Å². The summed E-state index contributed by atoms with van der Waals surface area (Å²) in [6.45, 7) is 4.12. The van der Waals surface area contributed by atoms with Gasteiger partial charge in [-0.2, -0.15) is 0 Å². The smallest absolute Gasteiger partial charge is 0.269 e. The van der Waals surface area contributed by atoms with Crippen LogP contribution in [-0.2, 0) is 7.05 Å². The molecule has 1 aromatic heterocycles. The second kappa shape index (κ2) is 3.94. The third-order valence-corrected chi connectivity index (χ3v) is 6.37. The number of nitrogens with zero attached hydrogens (tertiary/aromatic N) is 3. The van der Waals surface area contributed by atoms with Crippen LogP contribution in [0.4, 0.5) is 5.82 Å². The highest BCUT2D eigenvalue weighted by atomic mass is 16.1. The van der Waals surface area contributed by atoms with E-state index in [0.717, 1.165) is 35.2 Å². The second-order valence-electron chi connectivity index (χ2n) is 7.91. The van der Waals surface area contributed by atoms with Crippen molar-refractivity contribution in [1.29, 1.82) is 0 Å². The third-order valence-electron chi connectivity index (χ3n) is 6.37. The fraction of sp³-hybridized carbons (Fsp3) is 0.647. The maximum atomic E-state index is 11.9. The Hall–Kier alpha value is -1.78. The highest BCUT2D eigenvalue weighted by Gasteiger charge is 2.54. The van der Waals surface area contributed by atoms with Gasteiger partial charge in [0.15, 0.2) is 5.82 Å². The van der Waals surface area contributed by atoms with Gasteiger partial charge < -0.3 is 5.32 Å². The molecule has 1 aromatic rings. The average Bonchev–Trinajstić information content (AvgIpc) is 2.73. The zero-order chi connectivity index (χ0) is 15.1. The Morgan fingerprint density at radius 1 is 1.23 bits per heavy atom. The van der Waals surface area contributed by atoms with Gasteiger partial charge in [-0.05, 0) is 56.3 Å². The lowest BCUT2D eigenvalue weighted by Crippen LogP contribution is -2.54. The molecule has 0 amide bonds. The Bertz CT molecular complexity index is 731. The van der Waals surface area contributed by atoms with Crippen molar-refractivity contribution < 1.29 is 0 Å². The van der Waals surface area contributed by atoms with Gasteiger partial charge in [0.25, 0.3) is 5.56 Å². The number of fused-ring (bicyclic) bond motifs is 1. The Balaban J connectivity index is 1.61. The maximum absolute atomic E-state index is 11.9. The van der Waals surface area contributed by atoms with Crippen molar-refractivity contribution in [3.05, 3.63) is 23.0 Å². The van der Waals surface area contributed by atoms with Crippen molar-refractivity contribution in [3.63, 3.8) is 0 Å². The molecule has 0 atom stereocenters. The largest absolute Gasteiger partial charge is 0.328 e. The second-order valence-corrected chi connectivity index (χ2v) is 7.91. The molecule has 0 spiro atoms. The molecule has 0 radical (unpaired) electrons. The van der Waals surface area contributed by atoms with Gasteiger partial charge in [0.2, 0.25) is 0 Å². The van der Waals surface area contributed by atoms with E-state index in [1.54, 1.807) is 22.5 Å². The number of aliphatic imine (C=N–C) groups is 1. The van der Waals surface area contributed by atoms with E-state index < -0.39 is 0 Å². The first-order valence-corrected chi connectivity index (χ1v) is 8.39. The number of rotatable bonds is 1. The van der Waals surface area contributed by atoms with Gasteiger partial charge in [-0.25, -0.2) is 14.4 Å². The van der Waals surface area contributed by atoms with E-state index in [1.807, 2.05) is 0 Å². The molecule has 4 bridgehead atoms. The number of nitrogens with one attached hydrogen (secondary N) is 1. The van der Waals surface area contributed by atoms with Crippen LogP contribution in [0.3, 0.4) is 0 Å². The molecule has 4 fully saturated rings. The zero-order valence-corrected chi connectivity index (χ0v) is 13.0. The molecule has 22 heavy (non-hydrogen) atoms. The summed E-state index contributed by atoms with van der Waals surface area (Å²) in [6.07, 6.45) is 8.04. The first-order chi connectivity index (χ1) is 10.5. The summed E-state index contributed by atoms with van der Waals surface area (Å²) in [5.41, 5.74) is 0.169. The van der Waals surface area contributed by atoms with Gasteiger partial charge in [0.05, 0.1) is 0 Å². The minimum absolute atomic E-state index is 0.0338. The normalized spacial score (nSPS) is 38.7. The summed E-state index contributed by atoms with van der Waals surface area (Å²) in [5.74, 6) is 5.18. The van der Waals surface area contributed by atoms with Gasteiger partial charge in [-0.3, -0.25) is 4.79 Å². The maximum Gasteiger partial charge on any atom is 0.269 e. The minimum atomic E-state index is -0.0338. The van der Waals surface area contributed by atoms with Crippen LogP contribution in [0.2, 0.25) is 0 Å². The van der Waals surface area contributed by atoms with Gasteiger partial charge in [-0.1, -0.05) is 6.58 Å². The molecule has 6 rings (SSSR count). The van der Waals surface area contributed by atoms with Crippen molar-refractivity contribution >= 4 is 17.5 Å². The predicted octanol–water partition coefficient (Wildman–Crippen LogP) is 2.46. The van der Waals surface area contributed by atoms with Gasteiger partial charge in [0, 0.05) is 18.5 Å². The van der Waals surface area contributed by atoms with Crippen LogP contribution in [0, 0.1) is 23.2 Å². The minimum Gasteiger partial charge on any atom is -0.328 e. The van der Waals surface area contributed by atoms with Crippen LogP contribution in [0.1, 0.15) is 38.5 Å². The molecule has 1 N–H and O–H groups in total. The predicted molar refractivity (Wildman–Crippen MR) is 85.8 cm³/mol. The molecule has 2 heterocycles. The van der Waals surface area contributed by atoms with Crippen LogP contribution in [0.5, 0.6) is 0 Å². The molecular weight excluding hydrogens is 276 g/mol. The van der Waals surface area contributed by atoms with E-state index in [4.69, 9.17) is 4.99 Å². The quantitative estimate of drug-likeness (QED) is 0.866. The molecule has 5 nitrogen and oxygen atoms in total. The van der Waals surface area contributed by atoms with Crippen molar-refractivity contribution in [3.8, 4) is 0 Å². The SMILES string of the molecule is C=C1NC(C23CC4CC(CC(C4)C2)C3)=Nc2cc(=O)n(C)n21. The molecule has 0 unspecified atom stereocenters. The van der Waals surface area contributed by atoms with E-state index in [9.17, 15) is 4.79 Å². The Labute approximate surface area is 129 Å². The Kier molecular flexibility index (Phi) is 2.28. The monoisotopic (exact) mass is 298 g/mol. The van der Waals surface area contributed by atoms with Crippen molar-refractivity contribution in [1.82, 2.24) is 14.7 Å². The van der Waals surface area contributed by atoms with E-state index in [-0.39, 0.29) is 11.0 Å². The number of hydrogen-bond donors (Lipinski definition) is 1. The standard InChI is InChI=1S/C17H22N4O/c1-10-18-16(19-14-6-15(22)20(2)21(10)14)17-7-11-3-12(8-17)5-13(4-11)9-17/h6,11-13H,1,3-5,7-9H2,2H3,(H,18,19). The fourth-order valence-corrected chi connectivity index (χ4v) is 5.90. The summed E-state index contributed by atoms with van der Waals surface area (Å²) < 4.78 is 3.33. The Morgan fingerprint density at radius 2 is 1.82 bits per heavy atom. The van der Waals surface area contributed by atoms with Crippen LogP contribution in [-0.4, -0.2) is 15.2 Å². The van der Waals surface area contributed by atoms with Crippen LogP contribution < -0.4 is 10.9 Å². The van der Waals surface area contributed by atoms with Gasteiger partial charge >= 0.3 is 0 Å². The first-order valence-electron chi connectivity index (χ1n) is 8.39. The fourth-order valence-electron chi connectivity index (χ4n) is 5.90. The molecule has 5 aliphatic rings. The summed E-state index contributed by atoms with van der Waals surface area (Å²) in [6, 6.07) is 1.62. The molecule has 0 aromatic carbocycles. The lowest BCUT2D eigenvalue weighted by Gasteiger charge is -2.57. The zero-order valence-electron chi connectivity index (χ0n) is 13.0. The summed E-state index contributed by atoms with van der Waals surface area (Å²) in [7, 11) is 1.75. The van der Waals surface area contributed by atoms with Crippen LogP contribution >= 0.6 is 0 Å². The number of hydrogen-bond acceptors (Lipinski definition) is 3. The molecule has 5 heteroatoms. The van der Waals surface area contributed by atoms with Crippen molar-refractivity contribution in [2.45, 2.75) is 38.5 Å². The molecule has 116 valence electrons. The average molecular weight is 298 g/mol. The molecule has 1 aliphatic heterocycles. The van der Waals surface area contributed by atoms with Crippen LogP contribution in [0.15, 0.2) is 22.4 Å². The number of amidine groups is 1. The van der Waals surface area contributed by atoms with E-state index in [2.05, 4.69) is 11.9 Å². The molecule has 0 saturated heterocycles. The molecule has 4 saturated carbocycles. The molecule has 4 aliphatic carbocycles. The highest BCUT2D eigenvalue weighted by Crippen LogP contribution is 2.60. The highest BCUT2D eigenvalue weighted by molar-refractivity contribution is 5.96. The summed E-state index contributed by atoms with van der Waals surface area (Å²) in [5, 5.41) is 3.44. The Morgan fingerprint density at radius 3 is 2.41 bits per heavy atom. The van der Waals surface area contributed by atoms with E-state index >= 15 is 0 Å². The summed E-state index contributed by atoms with van der Waals surface area (Å²) in [4.78, 5) is 16.8. The van der Waals surface area contributed by atoms with Gasteiger partial charge in [0.1, 0.15) is 11.7 Å². The lowest BCUT2D eigenvalue weighted by molar-refractivity contribution is -0.0137. The first kappa shape index (κ1) is 12.7. The molecular formula is C17H22N4O.